The number of nitrogens with zero attached hydrogens (tertiary/aromatic N) is 1. The van der Waals surface area contributed by atoms with Crippen LogP contribution in [0.2, 0.25) is 0 Å². The first-order chi connectivity index (χ1) is 15.5. The van der Waals surface area contributed by atoms with Gasteiger partial charge in [0.25, 0.3) is 5.91 Å². The zero-order valence-electron chi connectivity index (χ0n) is 18.5. The molecule has 7 heteroatoms. The minimum absolute atomic E-state index is 0.00989. The van der Waals surface area contributed by atoms with E-state index in [1.807, 2.05) is 18.2 Å². The van der Waals surface area contributed by atoms with Crippen molar-refractivity contribution in [3.63, 3.8) is 0 Å². The number of ether oxygens (including phenoxy) is 2. The molecule has 32 heavy (non-hydrogen) atoms. The van der Waals surface area contributed by atoms with Gasteiger partial charge in [0.15, 0.2) is 0 Å². The number of esters is 1. The van der Waals surface area contributed by atoms with E-state index in [1.165, 1.54) is 19.3 Å². The maximum absolute atomic E-state index is 13.1. The van der Waals surface area contributed by atoms with E-state index in [1.54, 1.807) is 17.0 Å². The average Bonchev–Trinajstić information content (AvgIpc) is 2.81. The molecule has 1 aromatic carbocycles. The van der Waals surface area contributed by atoms with Crippen LogP contribution in [0.3, 0.4) is 0 Å². The summed E-state index contributed by atoms with van der Waals surface area (Å²) in [4.78, 5) is 40.6. The van der Waals surface area contributed by atoms with Crippen molar-refractivity contribution in [3.05, 3.63) is 35.9 Å². The summed E-state index contributed by atoms with van der Waals surface area (Å²) in [7, 11) is 0. The first-order valence-corrected chi connectivity index (χ1v) is 11.9. The van der Waals surface area contributed by atoms with Gasteiger partial charge in [-0.25, -0.2) is 0 Å². The quantitative estimate of drug-likeness (QED) is 0.687. The first kappa shape index (κ1) is 21.4. The van der Waals surface area contributed by atoms with Crippen LogP contribution in [-0.2, 0) is 23.9 Å². The lowest BCUT2D eigenvalue weighted by Gasteiger charge is -2.55. The van der Waals surface area contributed by atoms with E-state index >= 15 is 0 Å². The van der Waals surface area contributed by atoms with Gasteiger partial charge >= 0.3 is 5.97 Å². The van der Waals surface area contributed by atoms with Gasteiger partial charge in [0, 0.05) is 24.1 Å². The molecule has 1 saturated heterocycles. The van der Waals surface area contributed by atoms with Gasteiger partial charge in [-0.3, -0.25) is 14.4 Å². The van der Waals surface area contributed by atoms with Gasteiger partial charge < -0.3 is 19.7 Å². The van der Waals surface area contributed by atoms with Gasteiger partial charge in [-0.2, -0.15) is 0 Å². The minimum atomic E-state index is -1.02. The molecule has 1 heterocycles. The Labute approximate surface area is 188 Å². The number of carbonyl (C=O) groups is 3. The lowest BCUT2D eigenvalue weighted by Crippen LogP contribution is -2.54. The first-order valence-electron chi connectivity index (χ1n) is 11.9. The van der Waals surface area contributed by atoms with Crippen molar-refractivity contribution in [2.75, 3.05) is 32.8 Å². The van der Waals surface area contributed by atoms with E-state index in [0.717, 1.165) is 19.3 Å². The molecule has 172 valence electrons. The van der Waals surface area contributed by atoms with Crippen molar-refractivity contribution >= 4 is 17.8 Å². The van der Waals surface area contributed by atoms with Crippen molar-refractivity contribution in [2.24, 2.45) is 23.2 Å². The van der Waals surface area contributed by atoms with Gasteiger partial charge in [-0.1, -0.05) is 30.3 Å². The summed E-state index contributed by atoms with van der Waals surface area (Å²) in [5.41, 5.74) is 0.321. The Kier molecular flexibility index (Phi) is 5.93. The molecular formula is C25H32N2O5. The molecule has 1 atom stereocenters. The fourth-order valence-corrected chi connectivity index (χ4v) is 6.74. The van der Waals surface area contributed by atoms with Crippen LogP contribution in [0.1, 0.15) is 50.2 Å². The van der Waals surface area contributed by atoms with Gasteiger partial charge in [0.05, 0.1) is 13.2 Å². The fourth-order valence-electron chi connectivity index (χ4n) is 6.74. The standard InChI is InChI=1S/C25H32N2O5/c28-21(16-26-24(30)25-13-17-10-18(14-25)12-19(11-17)15-25)32-22(20-4-2-1-3-5-20)23(29)27-6-8-31-9-7-27/h1-5,17-19,22H,6-16H2,(H,26,30). The Hall–Kier alpha value is -2.41. The molecule has 5 fully saturated rings. The van der Waals surface area contributed by atoms with E-state index in [9.17, 15) is 14.4 Å². The fraction of sp³-hybridized carbons (Fsp3) is 0.640. The van der Waals surface area contributed by atoms with Crippen LogP contribution in [0.25, 0.3) is 0 Å². The monoisotopic (exact) mass is 440 g/mol. The van der Waals surface area contributed by atoms with E-state index in [4.69, 9.17) is 9.47 Å². The average molecular weight is 441 g/mol. The van der Waals surface area contributed by atoms with Crippen LogP contribution in [0, 0.1) is 23.2 Å². The Morgan fingerprint density at radius 2 is 1.59 bits per heavy atom. The normalized spacial score (nSPS) is 31.8. The highest BCUT2D eigenvalue weighted by atomic mass is 16.5. The smallest absolute Gasteiger partial charge is 0.326 e. The second-order valence-electron chi connectivity index (χ2n) is 10.1. The largest absolute Gasteiger partial charge is 0.446 e. The van der Waals surface area contributed by atoms with Crippen molar-refractivity contribution in [2.45, 2.75) is 44.6 Å². The van der Waals surface area contributed by atoms with Crippen molar-refractivity contribution < 1.29 is 23.9 Å². The van der Waals surface area contributed by atoms with Gasteiger partial charge in [-0.05, 0) is 56.3 Å². The molecule has 1 N–H and O–H groups in total. The molecule has 5 aliphatic rings. The molecule has 4 saturated carbocycles. The third kappa shape index (κ3) is 4.27. The van der Waals surface area contributed by atoms with Crippen LogP contribution in [-0.4, -0.2) is 55.5 Å². The molecule has 0 spiro atoms. The Morgan fingerprint density at radius 1 is 1.00 bits per heavy atom. The second-order valence-corrected chi connectivity index (χ2v) is 10.1. The minimum Gasteiger partial charge on any atom is -0.446 e. The van der Waals surface area contributed by atoms with Crippen LogP contribution >= 0.6 is 0 Å². The summed E-state index contributed by atoms with van der Waals surface area (Å²) in [6.45, 7) is 1.69. The molecular weight excluding hydrogens is 408 g/mol. The van der Waals surface area contributed by atoms with Crippen LogP contribution in [0.5, 0.6) is 0 Å². The molecule has 4 bridgehead atoms. The van der Waals surface area contributed by atoms with Gasteiger partial charge in [0.2, 0.25) is 12.0 Å². The highest BCUT2D eigenvalue weighted by Crippen LogP contribution is 2.60. The van der Waals surface area contributed by atoms with E-state index in [0.29, 0.717) is 49.6 Å². The molecule has 4 aliphatic carbocycles. The van der Waals surface area contributed by atoms with Crippen molar-refractivity contribution in [1.82, 2.24) is 10.2 Å². The second kappa shape index (κ2) is 8.85. The third-order valence-electron chi connectivity index (χ3n) is 7.81. The number of benzene rings is 1. The maximum Gasteiger partial charge on any atom is 0.326 e. The lowest BCUT2D eigenvalue weighted by molar-refractivity contribution is -0.163. The molecule has 1 aliphatic heterocycles. The highest BCUT2D eigenvalue weighted by molar-refractivity contribution is 5.89. The van der Waals surface area contributed by atoms with Crippen LogP contribution < -0.4 is 5.32 Å². The van der Waals surface area contributed by atoms with Crippen LogP contribution in [0.15, 0.2) is 30.3 Å². The highest BCUT2D eigenvalue weighted by Gasteiger charge is 2.54. The zero-order valence-corrected chi connectivity index (χ0v) is 18.5. The lowest BCUT2D eigenvalue weighted by atomic mass is 9.49. The van der Waals surface area contributed by atoms with E-state index < -0.39 is 12.1 Å². The SMILES string of the molecule is O=C(CNC(=O)C12CC3CC(CC(C3)C1)C2)OC(C(=O)N1CCOCC1)c1ccccc1. The zero-order chi connectivity index (χ0) is 22.1. The number of hydrogen-bond donors (Lipinski definition) is 1. The van der Waals surface area contributed by atoms with Gasteiger partial charge in [0.1, 0.15) is 6.54 Å². The Bertz CT molecular complexity index is 829. The topological polar surface area (TPSA) is 84.9 Å². The summed E-state index contributed by atoms with van der Waals surface area (Å²) >= 11 is 0. The summed E-state index contributed by atoms with van der Waals surface area (Å²) in [5.74, 6) is 1.13. The molecule has 7 nitrogen and oxygen atoms in total. The number of carbonyl (C=O) groups excluding carboxylic acids is 3. The number of nitrogens with one attached hydrogen (secondary N) is 1. The number of hydrogen-bond acceptors (Lipinski definition) is 5. The van der Waals surface area contributed by atoms with E-state index in [2.05, 4.69) is 5.32 Å². The third-order valence-corrected chi connectivity index (χ3v) is 7.81. The molecule has 6 rings (SSSR count). The molecule has 0 aromatic heterocycles. The number of morpholine rings is 1. The predicted molar refractivity (Wildman–Crippen MR) is 116 cm³/mol. The van der Waals surface area contributed by atoms with Crippen molar-refractivity contribution in [3.8, 4) is 0 Å². The van der Waals surface area contributed by atoms with Crippen LogP contribution in [0.4, 0.5) is 0 Å². The molecule has 0 radical (unpaired) electrons. The Balaban J connectivity index is 1.22. The Morgan fingerprint density at radius 3 is 2.19 bits per heavy atom. The van der Waals surface area contributed by atoms with Gasteiger partial charge in [-0.15, -0.1) is 0 Å². The van der Waals surface area contributed by atoms with Crippen molar-refractivity contribution in [1.29, 1.82) is 0 Å². The predicted octanol–water partition coefficient (Wildman–Crippen LogP) is 2.46. The maximum atomic E-state index is 13.1. The summed E-state index contributed by atoms with van der Waals surface area (Å²) in [5, 5.41) is 2.86. The summed E-state index contributed by atoms with van der Waals surface area (Å²) < 4.78 is 11.0. The molecule has 2 amide bonds. The number of rotatable bonds is 6. The molecule has 1 aromatic rings. The summed E-state index contributed by atoms with van der Waals surface area (Å²) in [6, 6.07) is 9.05. The van der Waals surface area contributed by atoms with E-state index in [-0.39, 0.29) is 23.8 Å². The molecule has 1 unspecified atom stereocenters. The summed E-state index contributed by atoms with van der Waals surface area (Å²) in [6.07, 6.45) is 5.61. The number of amides is 2.